The third kappa shape index (κ3) is 79.7. The molecule has 56 valence electrons. The topological polar surface area (TPSA) is 134 Å². The maximum Gasteiger partial charge on any atom is 0.231 e. The highest BCUT2D eigenvalue weighted by Gasteiger charge is 1.53. The van der Waals surface area contributed by atoms with Crippen molar-refractivity contribution in [2.45, 2.75) is 0 Å². The minimum atomic E-state index is 0.000000000000000222. The number of hydrogen-bond donors (Lipinski definition) is 4. The van der Waals surface area contributed by atoms with Gasteiger partial charge in [0.1, 0.15) is 0 Å². The van der Waals surface area contributed by atoms with Crippen LogP contribution < -0.4 is 11.5 Å². The van der Waals surface area contributed by atoms with Crippen molar-refractivity contribution in [3.63, 3.8) is 0 Å². The molecule has 0 saturated heterocycles. The fraction of sp³-hybridized carbons (Fsp3) is 0. The lowest BCUT2D eigenvalue weighted by molar-refractivity contribution is 0.562. The summed E-state index contributed by atoms with van der Waals surface area (Å²) in [6.07, 6.45) is 1.50. The summed E-state index contributed by atoms with van der Waals surface area (Å²) in [7, 11) is 0. The number of thiocarbonyl (C=S) groups is 1. The fourth-order valence-corrected chi connectivity index (χ4v) is 0. The van der Waals surface area contributed by atoms with Crippen LogP contribution in [0, 0.1) is 10.8 Å². The van der Waals surface area contributed by atoms with Crippen molar-refractivity contribution in [3.05, 3.63) is 0 Å². The second-order valence-corrected chi connectivity index (χ2v) is 1.08. The van der Waals surface area contributed by atoms with Crippen molar-refractivity contribution in [2.75, 3.05) is 0 Å². The molecule has 0 aromatic carbocycles. The second kappa shape index (κ2) is 26.0. The standard InChI is InChI=1S/CH4N2S.2CHNO/c2-1(3)4;2*2-1-3/h(H4,2,3,4);2*2H. The maximum atomic E-state index is 8.35. The average molecular weight is 162 g/mol. The molecule has 0 fully saturated rings. The van der Waals surface area contributed by atoms with Gasteiger partial charge in [-0.1, -0.05) is 0 Å². The Bertz CT molecular complexity index is 129. The van der Waals surface area contributed by atoms with Crippen LogP contribution in [0.4, 0.5) is 0 Å². The van der Waals surface area contributed by atoms with Crippen LogP contribution in [0.3, 0.4) is 0 Å². The van der Waals surface area contributed by atoms with Crippen molar-refractivity contribution in [3.8, 4) is 0 Å². The third-order valence-electron chi connectivity index (χ3n) is 0. The molecule has 6 N–H and O–H groups in total. The third-order valence-corrected chi connectivity index (χ3v) is 0. The van der Waals surface area contributed by atoms with Crippen LogP contribution in [0.1, 0.15) is 0 Å². The smallest absolute Gasteiger partial charge is 0.231 e. The van der Waals surface area contributed by atoms with Crippen molar-refractivity contribution in [1.82, 2.24) is 0 Å². The van der Waals surface area contributed by atoms with E-state index in [4.69, 9.17) is 20.4 Å². The van der Waals surface area contributed by atoms with E-state index in [2.05, 4.69) is 23.7 Å². The zero-order valence-corrected chi connectivity index (χ0v) is 5.70. The molecule has 0 bridgehead atoms. The molecule has 0 radical (unpaired) electrons. The van der Waals surface area contributed by atoms with E-state index in [9.17, 15) is 0 Å². The zero-order valence-electron chi connectivity index (χ0n) is 4.88. The predicted octanol–water partition coefficient (Wildman–Crippen LogP) is -1.01. The highest BCUT2D eigenvalue weighted by Crippen LogP contribution is 1.32. The summed E-state index contributed by atoms with van der Waals surface area (Å²) in [5.41, 5.74) is 9.24. The van der Waals surface area contributed by atoms with E-state index in [0.717, 1.165) is 12.2 Å². The monoisotopic (exact) mass is 162 g/mol. The van der Waals surface area contributed by atoms with Crippen LogP contribution in [0.15, 0.2) is 0 Å². The van der Waals surface area contributed by atoms with E-state index in [1.54, 1.807) is 0 Å². The first-order valence-corrected chi connectivity index (χ1v) is 2.10. The highest BCUT2D eigenvalue weighted by molar-refractivity contribution is 7.80. The number of isocyanates is 2. The van der Waals surface area contributed by atoms with E-state index < -0.39 is 0 Å². The lowest BCUT2D eigenvalue weighted by atomic mass is 11.3. The van der Waals surface area contributed by atoms with E-state index in [0.29, 0.717) is 0 Å². The van der Waals surface area contributed by atoms with Crippen LogP contribution in [0.25, 0.3) is 0 Å². The lowest BCUT2D eigenvalue weighted by Gasteiger charge is -1.68. The number of rotatable bonds is 0. The van der Waals surface area contributed by atoms with Crippen LogP contribution in [0.2, 0.25) is 0 Å². The molecule has 6 nitrogen and oxygen atoms in total. The largest absolute Gasteiger partial charge is 0.377 e. The molecule has 10 heavy (non-hydrogen) atoms. The summed E-state index contributed by atoms with van der Waals surface area (Å²) in [6, 6.07) is 0. The Balaban J connectivity index is -0.0000000750. The molecule has 0 amide bonds. The van der Waals surface area contributed by atoms with Crippen LogP contribution >= 0.6 is 12.2 Å². The Morgan fingerprint density at radius 2 is 1.20 bits per heavy atom. The van der Waals surface area contributed by atoms with E-state index in [1.807, 2.05) is 0 Å². The van der Waals surface area contributed by atoms with Gasteiger partial charge in [-0.05, 0) is 12.2 Å². The predicted molar refractivity (Wildman–Crippen MR) is 37.8 cm³/mol. The SMILES string of the molecule is N=C=O.N=C=O.NC(N)=S. The summed E-state index contributed by atoms with van der Waals surface area (Å²) >= 11 is 4.09. The quantitative estimate of drug-likeness (QED) is 0.206. The highest BCUT2D eigenvalue weighted by atomic mass is 32.1. The second-order valence-electron chi connectivity index (χ2n) is 0.606. The number of nitrogens with one attached hydrogen (secondary N) is 2. The van der Waals surface area contributed by atoms with Gasteiger partial charge in [0.05, 0.1) is 0 Å². The van der Waals surface area contributed by atoms with Gasteiger partial charge in [-0.3, -0.25) is 0 Å². The molecule has 7 heteroatoms. The van der Waals surface area contributed by atoms with Gasteiger partial charge in [0.2, 0.25) is 12.2 Å². The molecular weight excluding hydrogens is 156 g/mol. The number of nitrogens with two attached hydrogens (primary N) is 2. The zero-order chi connectivity index (χ0) is 8.99. The first-order valence-electron chi connectivity index (χ1n) is 1.69. The molecule has 0 aliphatic carbocycles. The molecule has 0 atom stereocenters. The molecule has 0 aliphatic heterocycles. The molecule has 0 saturated carbocycles. The summed E-state index contributed by atoms with van der Waals surface area (Å²) in [4.78, 5) is 16.7. The van der Waals surface area contributed by atoms with Gasteiger partial charge in [-0.15, -0.1) is 0 Å². The lowest BCUT2D eigenvalue weighted by Crippen LogP contribution is -2.18. The number of carbonyl (C=O) groups excluding carboxylic acids is 2. The summed E-state index contributed by atoms with van der Waals surface area (Å²) in [5, 5.41) is 10.8. The molecule has 0 aromatic heterocycles. The van der Waals surface area contributed by atoms with Gasteiger partial charge in [0, 0.05) is 0 Å². The Morgan fingerprint density at radius 3 is 1.20 bits per heavy atom. The van der Waals surface area contributed by atoms with Gasteiger partial charge in [0.25, 0.3) is 0 Å². The maximum absolute atomic E-state index is 8.35. The van der Waals surface area contributed by atoms with E-state index in [-0.39, 0.29) is 5.11 Å². The fourth-order valence-electron chi connectivity index (χ4n) is 0. The molecule has 0 spiro atoms. The van der Waals surface area contributed by atoms with Gasteiger partial charge in [0.15, 0.2) is 5.11 Å². The van der Waals surface area contributed by atoms with Crippen molar-refractivity contribution >= 4 is 29.5 Å². The number of hydrogen-bond acceptors (Lipinski definition) is 5. The molecular formula is C3H6N4O2S. The first kappa shape index (κ1) is 15.8. The molecule has 0 unspecified atom stereocenters. The minimum absolute atomic E-state index is 0.000000000000000222. The van der Waals surface area contributed by atoms with Gasteiger partial charge in [-0.25, -0.2) is 20.4 Å². The van der Waals surface area contributed by atoms with Crippen LogP contribution in [-0.4, -0.2) is 17.3 Å². The van der Waals surface area contributed by atoms with Gasteiger partial charge >= 0.3 is 0 Å². The van der Waals surface area contributed by atoms with Gasteiger partial charge < -0.3 is 11.5 Å². The van der Waals surface area contributed by atoms with Crippen LogP contribution in [-0.2, 0) is 9.59 Å². The van der Waals surface area contributed by atoms with Gasteiger partial charge in [-0.2, -0.15) is 0 Å². The summed E-state index contributed by atoms with van der Waals surface area (Å²) in [5.74, 6) is 0. The summed E-state index contributed by atoms with van der Waals surface area (Å²) < 4.78 is 0. The first-order chi connectivity index (χ1) is 4.56. The van der Waals surface area contributed by atoms with Crippen molar-refractivity contribution < 1.29 is 9.59 Å². The molecule has 0 rings (SSSR count). The van der Waals surface area contributed by atoms with E-state index in [1.165, 1.54) is 0 Å². The Kier molecular flexibility index (Phi) is 41.1. The average Bonchev–Trinajstić information content (AvgIpc) is 1.65. The minimum Gasteiger partial charge on any atom is -0.377 e. The van der Waals surface area contributed by atoms with E-state index >= 15 is 0 Å². The summed E-state index contributed by atoms with van der Waals surface area (Å²) in [6.45, 7) is 0. The molecule has 0 aromatic rings. The van der Waals surface area contributed by atoms with Crippen molar-refractivity contribution in [1.29, 1.82) is 10.8 Å². The Hall–Kier alpha value is -1.55. The molecule has 0 heterocycles. The van der Waals surface area contributed by atoms with Crippen LogP contribution in [0.5, 0.6) is 0 Å². The Labute approximate surface area is 62.2 Å². The Morgan fingerprint density at radius 1 is 1.20 bits per heavy atom. The molecule has 0 aliphatic rings. The normalized spacial score (nSPS) is 4.00. The van der Waals surface area contributed by atoms with Crippen molar-refractivity contribution in [2.24, 2.45) is 11.5 Å².